The molecule has 1 aromatic heterocycles. The second-order valence-electron chi connectivity index (χ2n) is 4.30. The van der Waals surface area contributed by atoms with Crippen LogP contribution in [0.3, 0.4) is 0 Å². The van der Waals surface area contributed by atoms with E-state index in [1.54, 1.807) is 18.2 Å². The zero-order chi connectivity index (χ0) is 13.2. The summed E-state index contributed by atoms with van der Waals surface area (Å²) in [6, 6.07) is 6.55. The van der Waals surface area contributed by atoms with Crippen molar-refractivity contribution in [1.29, 1.82) is 0 Å². The number of para-hydroxylation sites is 1. The number of benzene rings is 1. The Morgan fingerprint density at radius 1 is 1.26 bits per heavy atom. The van der Waals surface area contributed by atoms with Crippen LogP contribution in [0, 0.1) is 5.82 Å². The van der Waals surface area contributed by atoms with Crippen molar-refractivity contribution in [3.05, 3.63) is 46.1 Å². The molecule has 1 aliphatic heterocycles. The van der Waals surface area contributed by atoms with Crippen molar-refractivity contribution in [1.82, 2.24) is 15.3 Å². The van der Waals surface area contributed by atoms with Crippen molar-refractivity contribution >= 4 is 27.4 Å². The van der Waals surface area contributed by atoms with Crippen LogP contribution in [0.1, 0.15) is 11.3 Å². The molecule has 98 valence electrons. The average molecular weight is 323 g/mol. The quantitative estimate of drug-likeness (QED) is 0.835. The topological polar surface area (TPSA) is 49.8 Å². The number of hydrogen-bond donors (Lipinski definition) is 2. The lowest BCUT2D eigenvalue weighted by Crippen LogP contribution is -2.26. The summed E-state index contributed by atoms with van der Waals surface area (Å²) in [5.41, 5.74) is 2.41. The van der Waals surface area contributed by atoms with Crippen LogP contribution in [0.4, 0.5) is 15.9 Å². The molecular formula is C13H12BrFN4. The van der Waals surface area contributed by atoms with E-state index in [4.69, 9.17) is 0 Å². The van der Waals surface area contributed by atoms with Gasteiger partial charge in [0, 0.05) is 25.1 Å². The highest BCUT2D eigenvalue weighted by atomic mass is 79.9. The fraction of sp³-hybridized carbons (Fsp3) is 0.231. The first kappa shape index (κ1) is 12.5. The van der Waals surface area contributed by atoms with Crippen LogP contribution in [0.25, 0.3) is 0 Å². The fourth-order valence-electron chi connectivity index (χ4n) is 2.11. The normalized spacial score (nSPS) is 14.0. The van der Waals surface area contributed by atoms with Crippen molar-refractivity contribution in [2.45, 2.75) is 13.0 Å². The average Bonchev–Trinajstić information content (AvgIpc) is 2.41. The summed E-state index contributed by atoms with van der Waals surface area (Å²) in [5.74, 6) is 0.351. The molecule has 0 fully saturated rings. The number of aromatic nitrogens is 2. The highest BCUT2D eigenvalue weighted by Crippen LogP contribution is 2.26. The Labute approximate surface area is 118 Å². The lowest BCUT2D eigenvalue weighted by Gasteiger charge is -2.19. The summed E-state index contributed by atoms with van der Waals surface area (Å²) in [4.78, 5) is 8.68. The maximum absolute atomic E-state index is 13.7. The van der Waals surface area contributed by atoms with Crippen molar-refractivity contribution in [3.63, 3.8) is 0 Å². The maximum atomic E-state index is 13.7. The molecule has 0 bridgehead atoms. The van der Waals surface area contributed by atoms with E-state index >= 15 is 0 Å². The molecule has 4 nitrogen and oxygen atoms in total. The Morgan fingerprint density at radius 2 is 2.11 bits per heavy atom. The SMILES string of the molecule is Fc1ccccc1Nc1nc(Br)nc2c1CNCC2. The molecule has 1 aromatic carbocycles. The Balaban J connectivity index is 2.01. The summed E-state index contributed by atoms with van der Waals surface area (Å²) in [6.07, 6.45) is 0.850. The zero-order valence-electron chi connectivity index (χ0n) is 10.1. The molecule has 3 rings (SSSR count). The van der Waals surface area contributed by atoms with E-state index in [0.29, 0.717) is 22.8 Å². The number of fused-ring (bicyclic) bond motifs is 1. The van der Waals surface area contributed by atoms with Gasteiger partial charge in [0.25, 0.3) is 0 Å². The van der Waals surface area contributed by atoms with Crippen LogP contribution in [0.5, 0.6) is 0 Å². The van der Waals surface area contributed by atoms with E-state index in [1.165, 1.54) is 6.07 Å². The first-order valence-electron chi connectivity index (χ1n) is 6.01. The minimum atomic E-state index is -0.297. The monoisotopic (exact) mass is 322 g/mol. The van der Waals surface area contributed by atoms with E-state index in [9.17, 15) is 4.39 Å². The zero-order valence-corrected chi connectivity index (χ0v) is 11.7. The lowest BCUT2D eigenvalue weighted by molar-refractivity contribution is 0.623. The number of rotatable bonds is 2. The van der Waals surface area contributed by atoms with Crippen molar-refractivity contribution in [2.24, 2.45) is 0 Å². The molecule has 0 amide bonds. The molecule has 2 heterocycles. The van der Waals surface area contributed by atoms with Gasteiger partial charge in [-0.25, -0.2) is 14.4 Å². The molecule has 1 aliphatic rings. The number of nitrogens with zero attached hydrogens (tertiary/aromatic N) is 2. The summed E-state index contributed by atoms with van der Waals surface area (Å²) in [6.45, 7) is 1.59. The lowest BCUT2D eigenvalue weighted by atomic mass is 10.1. The molecule has 0 saturated heterocycles. The molecule has 2 aromatic rings. The van der Waals surface area contributed by atoms with Gasteiger partial charge in [-0.2, -0.15) is 0 Å². The van der Waals surface area contributed by atoms with Gasteiger partial charge in [-0.15, -0.1) is 0 Å². The van der Waals surface area contributed by atoms with Gasteiger partial charge in [-0.1, -0.05) is 12.1 Å². The largest absolute Gasteiger partial charge is 0.337 e. The highest BCUT2D eigenvalue weighted by Gasteiger charge is 2.17. The summed E-state index contributed by atoms with van der Waals surface area (Å²) in [7, 11) is 0. The van der Waals surface area contributed by atoms with Crippen LogP contribution in [-0.2, 0) is 13.0 Å². The summed E-state index contributed by atoms with van der Waals surface area (Å²) >= 11 is 3.30. The second kappa shape index (κ2) is 5.22. The van der Waals surface area contributed by atoms with Crippen molar-refractivity contribution < 1.29 is 4.39 Å². The van der Waals surface area contributed by atoms with Gasteiger partial charge < -0.3 is 10.6 Å². The first-order valence-corrected chi connectivity index (χ1v) is 6.81. The Hall–Kier alpha value is -1.53. The Bertz CT molecular complexity index is 618. The van der Waals surface area contributed by atoms with E-state index < -0.39 is 0 Å². The molecule has 6 heteroatoms. The Morgan fingerprint density at radius 3 is 2.95 bits per heavy atom. The third kappa shape index (κ3) is 2.59. The van der Waals surface area contributed by atoms with Gasteiger partial charge in [0.2, 0.25) is 0 Å². The molecule has 0 saturated carbocycles. The first-order chi connectivity index (χ1) is 9.24. The molecule has 0 atom stereocenters. The van der Waals surface area contributed by atoms with Crippen LogP contribution in [0.15, 0.2) is 29.0 Å². The highest BCUT2D eigenvalue weighted by molar-refractivity contribution is 9.10. The van der Waals surface area contributed by atoms with E-state index in [0.717, 1.165) is 24.2 Å². The smallest absolute Gasteiger partial charge is 0.198 e. The minimum absolute atomic E-state index is 0.297. The second-order valence-corrected chi connectivity index (χ2v) is 5.01. The number of anilines is 2. The van der Waals surface area contributed by atoms with Crippen molar-refractivity contribution in [2.75, 3.05) is 11.9 Å². The van der Waals surface area contributed by atoms with Gasteiger partial charge in [-0.3, -0.25) is 0 Å². The number of nitrogens with one attached hydrogen (secondary N) is 2. The maximum Gasteiger partial charge on any atom is 0.198 e. The molecule has 0 unspecified atom stereocenters. The third-order valence-corrected chi connectivity index (χ3v) is 3.39. The summed E-state index contributed by atoms with van der Waals surface area (Å²) in [5, 5.41) is 6.32. The molecule has 0 radical (unpaired) electrons. The minimum Gasteiger partial charge on any atom is -0.337 e. The Kier molecular flexibility index (Phi) is 3.44. The van der Waals surface area contributed by atoms with Crippen LogP contribution < -0.4 is 10.6 Å². The van der Waals surface area contributed by atoms with Crippen LogP contribution in [-0.4, -0.2) is 16.5 Å². The predicted octanol–water partition coefficient (Wildman–Crippen LogP) is 2.77. The van der Waals surface area contributed by atoms with Crippen LogP contribution >= 0.6 is 15.9 Å². The van der Waals surface area contributed by atoms with E-state index in [2.05, 4.69) is 36.5 Å². The molecule has 0 spiro atoms. The molecule has 19 heavy (non-hydrogen) atoms. The molecule has 2 N–H and O–H groups in total. The number of hydrogen-bond acceptors (Lipinski definition) is 4. The molecular weight excluding hydrogens is 311 g/mol. The number of halogens is 2. The summed E-state index contributed by atoms with van der Waals surface area (Å²) < 4.78 is 14.2. The predicted molar refractivity (Wildman–Crippen MR) is 74.8 cm³/mol. The van der Waals surface area contributed by atoms with Gasteiger partial charge in [0.1, 0.15) is 11.6 Å². The van der Waals surface area contributed by atoms with E-state index in [-0.39, 0.29) is 5.82 Å². The van der Waals surface area contributed by atoms with Gasteiger partial charge >= 0.3 is 0 Å². The van der Waals surface area contributed by atoms with Gasteiger partial charge in [0.05, 0.1) is 11.4 Å². The fourth-order valence-corrected chi connectivity index (χ4v) is 2.50. The third-order valence-electron chi connectivity index (χ3n) is 3.03. The van der Waals surface area contributed by atoms with Gasteiger partial charge in [0.15, 0.2) is 4.73 Å². The van der Waals surface area contributed by atoms with Gasteiger partial charge in [-0.05, 0) is 28.1 Å². The van der Waals surface area contributed by atoms with Crippen molar-refractivity contribution in [3.8, 4) is 0 Å². The van der Waals surface area contributed by atoms with Crippen LogP contribution in [0.2, 0.25) is 0 Å². The standard InChI is InChI=1S/C13H12BrFN4/c14-13-18-10-5-6-16-7-8(10)12(19-13)17-11-4-2-1-3-9(11)15/h1-4,16H,5-7H2,(H,17,18,19). The molecule has 0 aliphatic carbocycles. The van der Waals surface area contributed by atoms with E-state index in [1.807, 2.05) is 0 Å².